The van der Waals surface area contributed by atoms with Gasteiger partial charge in [-0.3, -0.25) is 19.3 Å². The van der Waals surface area contributed by atoms with Gasteiger partial charge in [0.15, 0.2) is 11.6 Å². The maximum absolute atomic E-state index is 13.8. The van der Waals surface area contributed by atoms with Crippen molar-refractivity contribution in [1.82, 2.24) is 44.9 Å². The summed E-state index contributed by atoms with van der Waals surface area (Å²) in [6.07, 6.45) is 11.1. The van der Waals surface area contributed by atoms with Gasteiger partial charge in [0.05, 0.1) is 150 Å². The van der Waals surface area contributed by atoms with Gasteiger partial charge in [-0.05, 0) is 82.4 Å². The average Bonchev–Trinajstić information content (AvgIpc) is 1.72. The quantitative estimate of drug-likeness (QED) is 0.0227. The van der Waals surface area contributed by atoms with E-state index in [1.54, 1.807) is 10.9 Å². The van der Waals surface area contributed by atoms with Crippen molar-refractivity contribution in [3.8, 4) is 5.75 Å². The number of likely N-dealkylation sites (tertiary alicyclic amines) is 1. The summed E-state index contributed by atoms with van der Waals surface area (Å²) in [5.41, 5.74) is 3.13. The summed E-state index contributed by atoms with van der Waals surface area (Å²) in [6.45, 7) is 10.9. The standard InChI is InChI=1S/C66H90F3N9O13/c1-48-71-73-65(53-37-59(38-53)90-46-49-9-4-2-5-10-49)78(48)58-41-56-14-15-57(42-58)77(56)20-16-51(50-11-6-3-7-12-50)43-70-66(81)52-13-8-19-75(44-52)62(79)17-22-82-25-28-85-33-34-88-35-36-89-47-55-45-76(74-72-55)21-24-84-27-30-87-32-31-86-29-26-83-23-18-63(80)91-64-60(68)39-54(67)40-61(64)69/h2-7,9-12,39-40,45,51-53,56-59H,8,13-38,41-44,46-47H2,1H3,(H,70,81)/t51-,52?,53?,56?,57?,58?,59?/m1/s1. The number of piperidine rings is 2. The van der Waals surface area contributed by atoms with Crippen LogP contribution in [-0.4, -0.2) is 201 Å². The van der Waals surface area contributed by atoms with Crippen molar-refractivity contribution in [3.05, 3.63) is 125 Å². The molecule has 5 aromatic rings. The van der Waals surface area contributed by atoms with E-state index >= 15 is 0 Å². The minimum atomic E-state index is -1.31. The van der Waals surface area contributed by atoms with Crippen LogP contribution in [0.15, 0.2) is 79.0 Å². The fourth-order valence-corrected chi connectivity index (χ4v) is 12.4. The first-order valence-electron chi connectivity index (χ1n) is 32.3. The molecule has 5 heterocycles. The van der Waals surface area contributed by atoms with Crippen molar-refractivity contribution in [2.45, 2.75) is 133 Å². The Morgan fingerprint density at radius 1 is 0.637 bits per heavy atom. The summed E-state index contributed by atoms with van der Waals surface area (Å²) < 4.78 is 99.7. The zero-order chi connectivity index (χ0) is 63.4. The van der Waals surface area contributed by atoms with Crippen LogP contribution in [0, 0.1) is 30.3 Å². The molecule has 2 bridgehead atoms. The van der Waals surface area contributed by atoms with Gasteiger partial charge in [0.25, 0.3) is 0 Å². The smallest absolute Gasteiger partial charge is 0.313 e. The Bertz CT molecular complexity index is 2930. The van der Waals surface area contributed by atoms with Crippen LogP contribution in [0.2, 0.25) is 0 Å². The minimum Gasteiger partial charge on any atom is -0.420 e. The average molecular weight is 1270 g/mol. The number of halogens is 3. The molecule has 91 heavy (non-hydrogen) atoms. The number of rotatable bonds is 42. The van der Waals surface area contributed by atoms with Crippen LogP contribution in [0.25, 0.3) is 0 Å². The Hall–Kier alpha value is -6.26. The van der Waals surface area contributed by atoms with Gasteiger partial charge in [0, 0.05) is 61.7 Å². The van der Waals surface area contributed by atoms with Gasteiger partial charge in [-0.25, -0.2) is 17.9 Å². The molecule has 0 spiro atoms. The van der Waals surface area contributed by atoms with Crippen molar-refractivity contribution < 1.29 is 74.9 Å². The van der Waals surface area contributed by atoms with E-state index in [0.29, 0.717) is 147 Å². The maximum atomic E-state index is 13.8. The van der Waals surface area contributed by atoms with E-state index in [9.17, 15) is 27.6 Å². The molecular formula is C66H90F3N9O13. The summed E-state index contributed by atoms with van der Waals surface area (Å²) in [5.74, 6) is -3.13. The molecule has 1 saturated carbocycles. The molecule has 4 aliphatic rings. The SMILES string of the molecule is Cc1nnc(C2CC(OCc3ccccc3)C2)n1C1CC2CCC(C1)N2CC[C@H](CNC(=O)C1CCCN(C(=O)CCOCCOCCOCCOCc2cn(CCOCCOCCOCCOCCC(=O)Oc3c(F)cc(F)cc3F)nn2)C1)c1ccccc1. The largest absolute Gasteiger partial charge is 0.420 e. The number of ether oxygens (including phenoxy) is 10. The number of aromatic nitrogens is 6. The second kappa shape index (κ2) is 37.4. The number of amides is 2. The molecule has 9 rings (SSSR count). The number of aryl methyl sites for hydroxylation is 1. The van der Waals surface area contributed by atoms with Gasteiger partial charge < -0.3 is 62.2 Å². The molecule has 4 atom stereocenters. The molecule has 0 radical (unpaired) electrons. The fourth-order valence-electron chi connectivity index (χ4n) is 12.4. The van der Waals surface area contributed by atoms with E-state index in [2.05, 4.69) is 90.4 Å². The third kappa shape index (κ3) is 22.2. The molecule has 3 aromatic carbocycles. The lowest BCUT2D eigenvalue weighted by Gasteiger charge is -2.42. The molecule has 3 saturated heterocycles. The van der Waals surface area contributed by atoms with Crippen LogP contribution in [0.1, 0.15) is 117 Å². The van der Waals surface area contributed by atoms with Gasteiger partial charge >= 0.3 is 5.97 Å². The summed E-state index contributed by atoms with van der Waals surface area (Å²) in [7, 11) is 0. The van der Waals surface area contributed by atoms with Crippen LogP contribution in [0.3, 0.4) is 0 Å². The second-order valence-electron chi connectivity index (χ2n) is 23.6. The first kappa shape index (κ1) is 69.1. The molecule has 498 valence electrons. The predicted octanol–water partition coefficient (Wildman–Crippen LogP) is 7.47. The van der Waals surface area contributed by atoms with Gasteiger partial charge in [0.1, 0.15) is 23.2 Å². The highest BCUT2D eigenvalue weighted by atomic mass is 19.1. The van der Waals surface area contributed by atoms with E-state index in [-0.39, 0.29) is 75.6 Å². The van der Waals surface area contributed by atoms with E-state index in [1.807, 2.05) is 17.0 Å². The van der Waals surface area contributed by atoms with Crippen LogP contribution < -0.4 is 10.1 Å². The molecule has 3 aliphatic heterocycles. The monoisotopic (exact) mass is 1270 g/mol. The molecule has 22 nitrogen and oxygen atoms in total. The third-order valence-corrected chi connectivity index (χ3v) is 17.2. The number of benzene rings is 3. The highest BCUT2D eigenvalue weighted by molar-refractivity contribution is 5.81. The molecule has 4 fully saturated rings. The number of hydrogen-bond donors (Lipinski definition) is 1. The van der Waals surface area contributed by atoms with E-state index in [1.165, 1.54) is 24.0 Å². The maximum Gasteiger partial charge on any atom is 0.313 e. The third-order valence-electron chi connectivity index (χ3n) is 17.2. The van der Waals surface area contributed by atoms with Crippen LogP contribution in [-0.2, 0) is 76.8 Å². The molecule has 25 heteroatoms. The number of carbonyl (C=O) groups excluding carboxylic acids is 3. The highest BCUT2D eigenvalue weighted by Crippen LogP contribution is 2.45. The fraction of sp³-hybridized carbons (Fsp3) is 0.621. The van der Waals surface area contributed by atoms with Gasteiger partial charge in [-0.2, -0.15) is 0 Å². The molecule has 2 aromatic heterocycles. The van der Waals surface area contributed by atoms with E-state index < -0.39 is 29.2 Å². The topological polar surface area (TPSA) is 223 Å². The minimum absolute atomic E-state index is 0.00196. The van der Waals surface area contributed by atoms with Gasteiger partial charge in [-0.1, -0.05) is 65.9 Å². The lowest BCUT2D eigenvalue weighted by Crippen LogP contribution is -2.47. The zero-order valence-electron chi connectivity index (χ0n) is 52.4. The Kier molecular flexibility index (Phi) is 28.4. The normalized spacial score (nSPS) is 20.2. The zero-order valence-corrected chi connectivity index (χ0v) is 52.4. The van der Waals surface area contributed by atoms with Gasteiger partial charge in [-0.15, -0.1) is 15.3 Å². The van der Waals surface area contributed by atoms with E-state index in [0.717, 1.165) is 63.1 Å². The molecule has 1 aliphatic carbocycles. The first-order valence-corrected chi connectivity index (χ1v) is 32.3. The summed E-state index contributed by atoms with van der Waals surface area (Å²) in [5, 5.41) is 20.9. The number of hydrogen-bond acceptors (Lipinski definition) is 18. The number of fused-ring (bicyclic) bond motifs is 2. The number of esters is 1. The lowest BCUT2D eigenvalue weighted by molar-refractivity contribution is -0.137. The van der Waals surface area contributed by atoms with Crippen molar-refractivity contribution in [3.63, 3.8) is 0 Å². The summed E-state index contributed by atoms with van der Waals surface area (Å²) >= 11 is 0. The molecule has 1 N–H and O–H groups in total. The second-order valence-corrected chi connectivity index (χ2v) is 23.6. The Balaban J connectivity index is 0.545. The lowest BCUT2D eigenvalue weighted by atomic mass is 9.81. The highest BCUT2D eigenvalue weighted by Gasteiger charge is 2.44. The van der Waals surface area contributed by atoms with Crippen molar-refractivity contribution in [2.24, 2.45) is 5.92 Å². The number of carbonyl (C=O) groups is 3. The molecular weight excluding hydrogens is 1180 g/mol. The van der Waals surface area contributed by atoms with E-state index in [4.69, 9.17) is 47.7 Å². The van der Waals surface area contributed by atoms with Crippen LogP contribution in [0.5, 0.6) is 5.75 Å². The van der Waals surface area contributed by atoms with Crippen molar-refractivity contribution in [2.75, 3.05) is 125 Å². The first-order chi connectivity index (χ1) is 44.5. The van der Waals surface area contributed by atoms with Crippen molar-refractivity contribution >= 4 is 17.8 Å². The Morgan fingerprint density at radius 3 is 1.88 bits per heavy atom. The Morgan fingerprint density at radius 2 is 1.23 bits per heavy atom. The number of nitrogens with one attached hydrogen (secondary N) is 1. The molecule has 3 unspecified atom stereocenters. The molecule has 2 amide bonds. The van der Waals surface area contributed by atoms with Crippen LogP contribution in [0.4, 0.5) is 13.2 Å². The Labute approximate surface area is 531 Å². The van der Waals surface area contributed by atoms with Crippen molar-refractivity contribution in [1.29, 1.82) is 0 Å². The number of nitrogens with zero attached hydrogens (tertiary/aromatic N) is 8. The summed E-state index contributed by atoms with van der Waals surface area (Å²) in [6, 6.07) is 23.2. The predicted molar refractivity (Wildman–Crippen MR) is 326 cm³/mol. The summed E-state index contributed by atoms with van der Waals surface area (Å²) in [4.78, 5) is 43.4. The van der Waals surface area contributed by atoms with Gasteiger partial charge in [0.2, 0.25) is 17.6 Å². The van der Waals surface area contributed by atoms with Crippen LogP contribution >= 0.6 is 0 Å².